The summed E-state index contributed by atoms with van der Waals surface area (Å²) in [5.41, 5.74) is 2.21. The van der Waals surface area contributed by atoms with Gasteiger partial charge in [-0.3, -0.25) is 4.98 Å². The van der Waals surface area contributed by atoms with E-state index in [1.165, 1.54) is 0 Å². The minimum absolute atomic E-state index is 0.357. The fourth-order valence-electron chi connectivity index (χ4n) is 0.992. The van der Waals surface area contributed by atoms with Gasteiger partial charge in [-0.2, -0.15) is 0 Å². The van der Waals surface area contributed by atoms with Crippen LogP contribution < -0.4 is 10.9 Å². The predicted molar refractivity (Wildman–Crippen MR) is 49.1 cm³/mol. The second-order valence-corrected chi connectivity index (χ2v) is 2.90. The summed E-state index contributed by atoms with van der Waals surface area (Å²) in [5.74, 6) is 0.357. The number of pyridine rings is 1. The Balaban J connectivity index is 3.09. The van der Waals surface area contributed by atoms with E-state index in [2.05, 4.69) is 18.8 Å². The van der Waals surface area contributed by atoms with Crippen LogP contribution in [-0.4, -0.2) is 20.7 Å². The van der Waals surface area contributed by atoms with Crippen LogP contribution in [0.15, 0.2) is 12.3 Å². The Labute approximate surface area is 70.0 Å². The first kappa shape index (κ1) is 8.38. The lowest BCUT2D eigenvalue weighted by molar-refractivity contribution is 0.832. The van der Waals surface area contributed by atoms with E-state index in [1.807, 2.05) is 0 Å². The van der Waals surface area contributed by atoms with Gasteiger partial charge in [-0.25, -0.2) is 0 Å². The first-order chi connectivity index (χ1) is 5.11. The fourth-order valence-corrected chi connectivity index (χ4v) is 0.992. The highest BCUT2D eigenvalue weighted by atomic mass is 14.7. The molecule has 0 bridgehead atoms. The van der Waals surface area contributed by atoms with E-state index >= 15 is 0 Å². The van der Waals surface area contributed by atoms with E-state index in [0.29, 0.717) is 16.8 Å². The molecule has 4 radical (unpaired) electrons. The van der Waals surface area contributed by atoms with Crippen LogP contribution in [0.1, 0.15) is 25.5 Å². The van der Waals surface area contributed by atoms with Crippen molar-refractivity contribution in [3.63, 3.8) is 0 Å². The van der Waals surface area contributed by atoms with E-state index in [0.717, 1.165) is 5.69 Å². The van der Waals surface area contributed by atoms with Crippen LogP contribution in [0.4, 0.5) is 0 Å². The van der Waals surface area contributed by atoms with Crippen molar-refractivity contribution in [2.75, 3.05) is 0 Å². The van der Waals surface area contributed by atoms with Crippen molar-refractivity contribution in [3.8, 4) is 0 Å². The molecule has 0 saturated carbocycles. The third kappa shape index (κ3) is 1.86. The minimum Gasteiger partial charge on any atom is -0.262 e. The molecule has 0 aliphatic rings. The second kappa shape index (κ2) is 3.12. The predicted octanol–water partition coefficient (Wildman–Crippen LogP) is -0.207. The number of aromatic nitrogens is 1. The van der Waals surface area contributed by atoms with Gasteiger partial charge in [0.15, 0.2) is 0 Å². The van der Waals surface area contributed by atoms with Gasteiger partial charge in [-0.15, -0.1) is 0 Å². The van der Waals surface area contributed by atoms with Gasteiger partial charge < -0.3 is 0 Å². The Morgan fingerprint density at radius 1 is 1.36 bits per heavy atom. The summed E-state index contributed by atoms with van der Waals surface area (Å²) in [7, 11) is 11.2. The summed E-state index contributed by atoms with van der Waals surface area (Å²) < 4.78 is 0. The SMILES string of the molecule is [B]c1cnc(C(C)C)c([B])c1. The van der Waals surface area contributed by atoms with Gasteiger partial charge in [-0.1, -0.05) is 30.8 Å². The van der Waals surface area contributed by atoms with Gasteiger partial charge in [0.05, 0.1) is 0 Å². The normalized spacial score (nSPS) is 10.5. The third-order valence-corrected chi connectivity index (χ3v) is 1.52. The topological polar surface area (TPSA) is 12.9 Å². The molecule has 0 atom stereocenters. The van der Waals surface area contributed by atoms with Gasteiger partial charge in [0.25, 0.3) is 0 Å². The van der Waals surface area contributed by atoms with Gasteiger partial charge in [0, 0.05) is 11.9 Å². The zero-order valence-electron chi connectivity index (χ0n) is 6.83. The number of nitrogens with zero attached hydrogens (tertiary/aromatic N) is 1. The molecule has 52 valence electrons. The Bertz CT molecular complexity index is 258. The molecule has 1 aromatic heterocycles. The lowest BCUT2D eigenvalue weighted by Gasteiger charge is -2.08. The van der Waals surface area contributed by atoms with Gasteiger partial charge >= 0.3 is 0 Å². The molecule has 0 N–H and O–H groups in total. The van der Waals surface area contributed by atoms with Gasteiger partial charge in [0.1, 0.15) is 15.7 Å². The van der Waals surface area contributed by atoms with E-state index in [9.17, 15) is 0 Å². The smallest absolute Gasteiger partial charge is 0.116 e. The molecule has 1 heterocycles. The van der Waals surface area contributed by atoms with Gasteiger partial charge in [0.2, 0.25) is 0 Å². The van der Waals surface area contributed by atoms with Crippen LogP contribution in [0, 0.1) is 0 Å². The molecular weight excluding hydrogens is 132 g/mol. The number of hydrogen-bond acceptors (Lipinski definition) is 1. The molecular formula is C8H9B2N. The van der Waals surface area contributed by atoms with E-state index in [4.69, 9.17) is 15.7 Å². The standard InChI is InChI=1S/C8H9B2N/c1-5(2)8-7(10)3-6(9)4-11-8/h3-5H,1-2H3. The van der Waals surface area contributed by atoms with Gasteiger partial charge in [-0.05, 0) is 5.92 Å². The van der Waals surface area contributed by atoms with Crippen molar-refractivity contribution in [2.24, 2.45) is 0 Å². The second-order valence-electron chi connectivity index (χ2n) is 2.90. The summed E-state index contributed by atoms with van der Waals surface area (Å²) in [4.78, 5) is 4.13. The molecule has 1 aromatic rings. The maximum absolute atomic E-state index is 5.68. The molecule has 0 fully saturated rings. The zero-order chi connectivity index (χ0) is 8.43. The lowest BCUT2D eigenvalue weighted by Crippen LogP contribution is -2.20. The quantitative estimate of drug-likeness (QED) is 0.493. The highest BCUT2D eigenvalue weighted by molar-refractivity contribution is 6.38. The summed E-state index contributed by atoms with van der Waals surface area (Å²) in [6, 6.07) is 1.74. The minimum atomic E-state index is 0.357. The Morgan fingerprint density at radius 3 is 2.45 bits per heavy atom. The Hall–Kier alpha value is -0.720. The monoisotopic (exact) mass is 141 g/mol. The van der Waals surface area contributed by atoms with Crippen molar-refractivity contribution in [1.82, 2.24) is 4.98 Å². The molecule has 0 aromatic carbocycles. The number of hydrogen-bond donors (Lipinski definition) is 0. The van der Waals surface area contributed by atoms with Crippen molar-refractivity contribution in [2.45, 2.75) is 19.8 Å². The van der Waals surface area contributed by atoms with E-state index < -0.39 is 0 Å². The molecule has 0 spiro atoms. The first-order valence-corrected chi connectivity index (χ1v) is 3.62. The van der Waals surface area contributed by atoms with Crippen LogP contribution in [0.5, 0.6) is 0 Å². The summed E-state index contributed by atoms with van der Waals surface area (Å²) in [5, 5.41) is 0. The van der Waals surface area contributed by atoms with Crippen molar-refractivity contribution in [1.29, 1.82) is 0 Å². The molecule has 1 rings (SSSR count). The third-order valence-electron chi connectivity index (χ3n) is 1.52. The zero-order valence-corrected chi connectivity index (χ0v) is 6.83. The molecule has 1 nitrogen and oxygen atoms in total. The maximum Gasteiger partial charge on any atom is 0.116 e. The molecule has 0 aliphatic heterocycles. The van der Waals surface area contributed by atoms with Crippen molar-refractivity contribution < 1.29 is 0 Å². The van der Waals surface area contributed by atoms with Crippen LogP contribution in [0.3, 0.4) is 0 Å². The highest BCUT2D eigenvalue weighted by Gasteiger charge is 2.02. The van der Waals surface area contributed by atoms with E-state index in [-0.39, 0.29) is 0 Å². The first-order valence-electron chi connectivity index (χ1n) is 3.62. The molecule has 0 saturated heterocycles. The maximum atomic E-state index is 5.68. The molecule has 0 amide bonds. The summed E-state index contributed by atoms with van der Waals surface area (Å²) in [6.07, 6.45) is 1.63. The van der Waals surface area contributed by atoms with Crippen molar-refractivity contribution >= 4 is 26.6 Å². The fraction of sp³-hybridized carbons (Fsp3) is 0.375. The number of rotatable bonds is 1. The van der Waals surface area contributed by atoms with E-state index in [1.54, 1.807) is 12.3 Å². The average molecular weight is 141 g/mol. The molecule has 11 heavy (non-hydrogen) atoms. The molecule has 0 aliphatic carbocycles. The molecule has 3 heteroatoms. The van der Waals surface area contributed by atoms with Crippen LogP contribution in [0.2, 0.25) is 0 Å². The average Bonchev–Trinajstić information content (AvgIpc) is 1.85. The largest absolute Gasteiger partial charge is 0.262 e. The summed E-state index contributed by atoms with van der Waals surface area (Å²) in [6.45, 7) is 4.10. The Morgan fingerprint density at radius 2 is 2.00 bits per heavy atom. The highest BCUT2D eigenvalue weighted by Crippen LogP contribution is 2.05. The summed E-state index contributed by atoms with van der Waals surface area (Å²) >= 11 is 0. The van der Waals surface area contributed by atoms with Crippen LogP contribution in [0.25, 0.3) is 0 Å². The van der Waals surface area contributed by atoms with Crippen molar-refractivity contribution in [3.05, 3.63) is 18.0 Å². The van der Waals surface area contributed by atoms with Crippen LogP contribution >= 0.6 is 0 Å². The van der Waals surface area contributed by atoms with Crippen LogP contribution in [-0.2, 0) is 0 Å². The molecule has 0 unspecified atom stereocenters. The lowest BCUT2D eigenvalue weighted by atomic mass is 9.85. The Kier molecular flexibility index (Phi) is 2.38.